The molecule has 18 heavy (non-hydrogen) atoms. The van der Waals surface area contributed by atoms with Gasteiger partial charge in [0.2, 0.25) is 0 Å². The van der Waals surface area contributed by atoms with Gasteiger partial charge in [0.05, 0.1) is 17.3 Å². The van der Waals surface area contributed by atoms with Crippen LogP contribution in [-0.4, -0.2) is 48.7 Å². The summed E-state index contributed by atoms with van der Waals surface area (Å²) in [6, 6.07) is 0.249. The molecule has 0 aromatic carbocycles. The van der Waals surface area contributed by atoms with Crippen molar-refractivity contribution in [3.8, 4) is 5.75 Å². The molecule has 1 aromatic heterocycles. The summed E-state index contributed by atoms with van der Waals surface area (Å²) in [5.74, 6) is 0.283. The molecule has 0 N–H and O–H groups in total. The fraction of sp³-hybridized carbons (Fsp3) is 0.583. The number of aromatic nitrogens is 1. The predicted molar refractivity (Wildman–Crippen MR) is 67.9 cm³/mol. The van der Waals surface area contributed by atoms with Crippen LogP contribution in [0.4, 0.5) is 10.2 Å². The highest BCUT2D eigenvalue weighted by Gasteiger charge is 2.35. The Hall–Kier alpha value is -1.07. The molecule has 1 saturated heterocycles. The molecular formula is C12H15ClFN3O. The van der Waals surface area contributed by atoms with Crippen molar-refractivity contribution >= 4 is 17.4 Å². The topological polar surface area (TPSA) is 28.6 Å². The van der Waals surface area contributed by atoms with Crippen molar-refractivity contribution in [1.29, 1.82) is 0 Å². The van der Waals surface area contributed by atoms with Gasteiger partial charge in [-0.1, -0.05) is 18.5 Å². The monoisotopic (exact) mass is 271 g/mol. The zero-order chi connectivity index (χ0) is 12.7. The summed E-state index contributed by atoms with van der Waals surface area (Å²) < 4.78 is 19.4. The number of fused-ring (bicyclic) bond motifs is 3. The zero-order valence-corrected chi connectivity index (χ0v) is 11.0. The lowest BCUT2D eigenvalue weighted by Gasteiger charge is -2.44. The van der Waals surface area contributed by atoms with Crippen molar-refractivity contribution in [2.75, 3.05) is 37.7 Å². The van der Waals surface area contributed by atoms with Crippen LogP contribution in [0.3, 0.4) is 0 Å². The Morgan fingerprint density at radius 3 is 3.17 bits per heavy atom. The van der Waals surface area contributed by atoms with Crippen LogP contribution in [0, 0.1) is 5.82 Å². The van der Waals surface area contributed by atoms with Gasteiger partial charge in [0.1, 0.15) is 6.61 Å². The van der Waals surface area contributed by atoms with Crippen molar-refractivity contribution < 1.29 is 9.13 Å². The number of nitrogens with zero attached hydrogens (tertiary/aromatic N) is 3. The van der Waals surface area contributed by atoms with Crippen molar-refractivity contribution in [3.05, 3.63) is 17.0 Å². The third-order valence-corrected chi connectivity index (χ3v) is 3.88. The standard InChI is InChI=1S/C12H15ClFN3O/c1-2-16-3-4-17-8(6-16)7-18-11-10(14)9(13)5-15-12(11)17/h5,8H,2-4,6-7H2,1H3. The maximum Gasteiger partial charge on any atom is 0.199 e. The molecule has 2 aliphatic rings. The largest absolute Gasteiger partial charge is 0.485 e. The van der Waals surface area contributed by atoms with E-state index in [1.165, 1.54) is 6.20 Å². The summed E-state index contributed by atoms with van der Waals surface area (Å²) in [6.45, 7) is 6.41. The quantitative estimate of drug-likeness (QED) is 0.778. The number of halogens is 2. The minimum atomic E-state index is -0.502. The second-order valence-electron chi connectivity index (χ2n) is 4.62. The highest BCUT2D eigenvalue weighted by atomic mass is 35.5. The third-order valence-electron chi connectivity index (χ3n) is 3.62. The molecule has 1 atom stereocenters. The summed E-state index contributed by atoms with van der Waals surface area (Å²) in [4.78, 5) is 8.72. The van der Waals surface area contributed by atoms with Gasteiger partial charge in [0.25, 0.3) is 0 Å². The van der Waals surface area contributed by atoms with E-state index in [1.807, 2.05) is 0 Å². The van der Waals surface area contributed by atoms with Crippen molar-refractivity contribution in [3.63, 3.8) is 0 Å². The van der Waals surface area contributed by atoms with Gasteiger partial charge >= 0.3 is 0 Å². The summed E-state index contributed by atoms with van der Waals surface area (Å²) in [7, 11) is 0. The number of likely N-dealkylation sites (N-methyl/N-ethyl adjacent to an activating group) is 1. The first-order chi connectivity index (χ1) is 8.70. The van der Waals surface area contributed by atoms with Gasteiger partial charge in [0, 0.05) is 19.6 Å². The number of rotatable bonds is 1. The van der Waals surface area contributed by atoms with Crippen LogP contribution in [0.1, 0.15) is 6.92 Å². The highest BCUT2D eigenvalue weighted by Crippen LogP contribution is 2.37. The number of hydrogen-bond acceptors (Lipinski definition) is 4. The van der Waals surface area contributed by atoms with Gasteiger partial charge in [0.15, 0.2) is 17.4 Å². The molecule has 98 valence electrons. The van der Waals surface area contributed by atoms with E-state index in [1.54, 1.807) is 0 Å². The van der Waals surface area contributed by atoms with E-state index in [0.717, 1.165) is 26.2 Å². The molecule has 0 spiro atoms. The highest BCUT2D eigenvalue weighted by molar-refractivity contribution is 6.30. The molecule has 4 nitrogen and oxygen atoms in total. The molecule has 1 fully saturated rings. The molecule has 2 aliphatic heterocycles. The molecular weight excluding hydrogens is 257 g/mol. The molecule has 3 heterocycles. The molecule has 0 amide bonds. The summed E-state index contributed by atoms with van der Waals surface area (Å²) >= 11 is 5.72. The Kier molecular flexibility index (Phi) is 3.03. The van der Waals surface area contributed by atoms with Crippen LogP contribution in [0.5, 0.6) is 5.75 Å². The van der Waals surface area contributed by atoms with Crippen LogP contribution >= 0.6 is 11.6 Å². The van der Waals surface area contributed by atoms with E-state index in [0.29, 0.717) is 12.4 Å². The molecule has 0 saturated carbocycles. The lowest BCUT2D eigenvalue weighted by atomic mass is 10.1. The van der Waals surface area contributed by atoms with Crippen LogP contribution in [0.15, 0.2) is 6.20 Å². The molecule has 6 heteroatoms. The van der Waals surface area contributed by atoms with Gasteiger partial charge < -0.3 is 9.64 Å². The van der Waals surface area contributed by atoms with E-state index < -0.39 is 5.82 Å². The Morgan fingerprint density at radius 2 is 2.39 bits per heavy atom. The normalized spacial score (nSPS) is 23.3. The molecule has 1 unspecified atom stereocenters. The van der Waals surface area contributed by atoms with Crippen molar-refractivity contribution in [1.82, 2.24) is 9.88 Å². The zero-order valence-electron chi connectivity index (χ0n) is 10.2. The second-order valence-corrected chi connectivity index (χ2v) is 5.03. The summed E-state index contributed by atoms with van der Waals surface area (Å²) in [5.41, 5.74) is 0. The number of pyridine rings is 1. The average molecular weight is 272 g/mol. The van der Waals surface area contributed by atoms with Gasteiger partial charge in [-0.05, 0) is 6.54 Å². The van der Waals surface area contributed by atoms with E-state index >= 15 is 0 Å². The fourth-order valence-corrected chi connectivity index (χ4v) is 2.71. The minimum Gasteiger partial charge on any atom is -0.485 e. The van der Waals surface area contributed by atoms with Gasteiger partial charge in [-0.25, -0.2) is 9.37 Å². The Balaban J connectivity index is 1.93. The van der Waals surface area contributed by atoms with Crippen LogP contribution in [-0.2, 0) is 0 Å². The number of piperazine rings is 1. The Bertz CT molecular complexity index is 471. The predicted octanol–water partition coefficient (Wildman–Crippen LogP) is 1.78. The van der Waals surface area contributed by atoms with Gasteiger partial charge in [-0.2, -0.15) is 0 Å². The fourth-order valence-electron chi connectivity index (χ4n) is 2.58. The van der Waals surface area contributed by atoms with E-state index in [9.17, 15) is 4.39 Å². The smallest absolute Gasteiger partial charge is 0.199 e. The maximum absolute atomic E-state index is 13.9. The number of hydrogen-bond donors (Lipinski definition) is 0. The number of anilines is 1. The van der Waals surface area contributed by atoms with Crippen molar-refractivity contribution in [2.45, 2.75) is 13.0 Å². The molecule has 0 radical (unpaired) electrons. The van der Waals surface area contributed by atoms with Crippen LogP contribution in [0.2, 0.25) is 5.02 Å². The lowest BCUT2D eigenvalue weighted by molar-refractivity contribution is 0.167. The molecule has 3 rings (SSSR count). The minimum absolute atomic E-state index is 0.0133. The second kappa shape index (κ2) is 4.55. The summed E-state index contributed by atoms with van der Waals surface area (Å²) in [5, 5.41) is 0.0133. The molecule has 0 aliphatic carbocycles. The van der Waals surface area contributed by atoms with Crippen LogP contribution in [0.25, 0.3) is 0 Å². The van der Waals surface area contributed by atoms with E-state index in [4.69, 9.17) is 16.3 Å². The maximum atomic E-state index is 13.9. The van der Waals surface area contributed by atoms with E-state index in [2.05, 4.69) is 21.7 Å². The Morgan fingerprint density at radius 1 is 1.56 bits per heavy atom. The molecule has 1 aromatic rings. The first-order valence-corrected chi connectivity index (χ1v) is 6.54. The van der Waals surface area contributed by atoms with E-state index in [-0.39, 0.29) is 16.8 Å². The van der Waals surface area contributed by atoms with Crippen molar-refractivity contribution in [2.24, 2.45) is 0 Å². The first kappa shape index (κ1) is 12.0. The van der Waals surface area contributed by atoms with Gasteiger partial charge in [-0.15, -0.1) is 0 Å². The third kappa shape index (κ3) is 1.82. The Labute approximate surface area is 110 Å². The SMILES string of the molecule is CCN1CCN2c3ncc(Cl)c(F)c3OCC2C1. The lowest BCUT2D eigenvalue weighted by Crippen LogP contribution is -2.57. The summed E-state index contributed by atoms with van der Waals surface area (Å²) in [6.07, 6.45) is 1.35. The number of ether oxygens (including phenoxy) is 1. The molecule has 0 bridgehead atoms. The van der Waals surface area contributed by atoms with Gasteiger partial charge in [-0.3, -0.25) is 4.90 Å². The average Bonchev–Trinajstić information content (AvgIpc) is 2.41. The first-order valence-electron chi connectivity index (χ1n) is 6.16. The van der Waals surface area contributed by atoms with Crippen LogP contribution < -0.4 is 9.64 Å².